The lowest BCUT2D eigenvalue weighted by molar-refractivity contribution is 0.0188. The van der Waals surface area contributed by atoms with E-state index in [-0.39, 0.29) is 19.1 Å². The molecule has 0 saturated heterocycles. The number of anilines is 1. The van der Waals surface area contributed by atoms with Crippen LogP contribution >= 0.6 is 0 Å². The summed E-state index contributed by atoms with van der Waals surface area (Å²) in [5.74, 6) is 0.171. The first kappa shape index (κ1) is 16.2. The van der Waals surface area contributed by atoms with Crippen molar-refractivity contribution in [3.8, 4) is 5.75 Å². The van der Waals surface area contributed by atoms with Gasteiger partial charge < -0.3 is 20.5 Å². The van der Waals surface area contributed by atoms with Crippen LogP contribution in [0.25, 0.3) is 0 Å². The number of amides is 1. The number of alkyl halides is 2. The van der Waals surface area contributed by atoms with Gasteiger partial charge in [-0.2, -0.15) is 0 Å². The van der Waals surface area contributed by atoms with Crippen LogP contribution in [-0.2, 0) is 4.74 Å². The van der Waals surface area contributed by atoms with Crippen LogP contribution in [0.2, 0.25) is 0 Å². The van der Waals surface area contributed by atoms with Crippen molar-refractivity contribution < 1.29 is 23.0 Å². The minimum absolute atomic E-state index is 0.0303. The quantitative estimate of drug-likeness (QED) is 0.564. The molecule has 1 aromatic carbocycles. The molecule has 1 rings (SSSR count). The highest BCUT2D eigenvalue weighted by Gasteiger charge is 2.08. The molecule has 112 valence electrons. The maximum atomic E-state index is 11.8. The van der Waals surface area contributed by atoms with Crippen LogP contribution in [0.4, 0.5) is 14.5 Å². The van der Waals surface area contributed by atoms with E-state index in [0.717, 1.165) is 0 Å². The predicted octanol–water partition coefficient (Wildman–Crippen LogP) is 1.68. The molecule has 0 aliphatic heterocycles. The van der Waals surface area contributed by atoms with Gasteiger partial charge in [0.05, 0.1) is 18.9 Å². The number of hydrogen-bond acceptors (Lipinski definition) is 4. The summed E-state index contributed by atoms with van der Waals surface area (Å²) >= 11 is 0. The molecule has 0 atom stereocenters. The molecule has 0 aliphatic carbocycles. The van der Waals surface area contributed by atoms with E-state index >= 15 is 0 Å². The van der Waals surface area contributed by atoms with Crippen molar-refractivity contribution >= 4 is 11.6 Å². The Hall–Kier alpha value is -1.89. The van der Waals surface area contributed by atoms with Gasteiger partial charge in [-0.3, -0.25) is 4.79 Å². The number of carbonyl (C=O) groups excluding carboxylic acids is 1. The number of ether oxygens (including phenoxy) is 2. The fourth-order valence-corrected chi connectivity index (χ4v) is 1.49. The fourth-order valence-electron chi connectivity index (χ4n) is 1.49. The molecule has 0 heterocycles. The summed E-state index contributed by atoms with van der Waals surface area (Å²) in [6.45, 7) is 1.86. The lowest BCUT2D eigenvalue weighted by atomic mass is 10.2. The molecular weight excluding hydrogens is 270 g/mol. The van der Waals surface area contributed by atoms with E-state index in [0.29, 0.717) is 23.6 Å². The van der Waals surface area contributed by atoms with Crippen molar-refractivity contribution in [1.82, 2.24) is 5.32 Å². The molecule has 1 amide bonds. The third-order valence-electron chi connectivity index (χ3n) is 2.35. The van der Waals surface area contributed by atoms with Crippen molar-refractivity contribution in [3.05, 3.63) is 23.8 Å². The van der Waals surface area contributed by atoms with Crippen LogP contribution < -0.4 is 15.8 Å². The Kier molecular flexibility index (Phi) is 6.72. The summed E-state index contributed by atoms with van der Waals surface area (Å²) in [6.07, 6.45) is -2.50. The molecule has 20 heavy (non-hydrogen) atoms. The van der Waals surface area contributed by atoms with E-state index in [2.05, 4.69) is 10.1 Å². The molecule has 0 fully saturated rings. The van der Waals surface area contributed by atoms with Crippen molar-refractivity contribution in [2.24, 2.45) is 0 Å². The normalized spacial score (nSPS) is 10.6. The van der Waals surface area contributed by atoms with Gasteiger partial charge in [-0.05, 0) is 25.1 Å². The molecule has 0 radical (unpaired) electrons. The number of nitrogens with two attached hydrogens (primary N) is 1. The van der Waals surface area contributed by atoms with Crippen molar-refractivity contribution in [1.29, 1.82) is 0 Å². The Morgan fingerprint density at radius 3 is 2.80 bits per heavy atom. The number of rotatable bonds is 8. The Labute approximate surface area is 116 Å². The van der Waals surface area contributed by atoms with Crippen LogP contribution in [0.1, 0.15) is 17.3 Å². The molecule has 0 saturated carbocycles. The van der Waals surface area contributed by atoms with Gasteiger partial charge in [0.2, 0.25) is 0 Å². The number of nitrogen functional groups attached to an aromatic ring is 1. The minimum Gasteiger partial charge on any atom is -0.492 e. The van der Waals surface area contributed by atoms with Gasteiger partial charge >= 0.3 is 0 Å². The average Bonchev–Trinajstić information content (AvgIpc) is 2.40. The largest absolute Gasteiger partial charge is 0.492 e. The van der Waals surface area contributed by atoms with Crippen molar-refractivity contribution in [2.75, 3.05) is 32.1 Å². The third kappa shape index (κ3) is 5.40. The molecular formula is C13H18F2N2O3. The monoisotopic (exact) mass is 288 g/mol. The molecule has 3 N–H and O–H groups in total. The zero-order valence-corrected chi connectivity index (χ0v) is 11.2. The van der Waals surface area contributed by atoms with Gasteiger partial charge in [0.15, 0.2) is 0 Å². The van der Waals surface area contributed by atoms with E-state index in [1.165, 1.54) is 6.07 Å². The first-order valence-corrected chi connectivity index (χ1v) is 6.21. The lowest BCUT2D eigenvalue weighted by Gasteiger charge is -2.09. The second-order valence-electron chi connectivity index (χ2n) is 3.91. The van der Waals surface area contributed by atoms with Crippen LogP contribution in [0.5, 0.6) is 5.75 Å². The lowest BCUT2D eigenvalue weighted by Crippen LogP contribution is -2.27. The summed E-state index contributed by atoms with van der Waals surface area (Å²) in [5, 5.41) is 2.55. The average molecular weight is 288 g/mol. The second kappa shape index (κ2) is 8.31. The maximum absolute atomic E-state index is 11.8. The molecule has 1 aromatic rings. The van der Waals surface area contributed by atoms with Gasteiger partial charge in [-0.1, -0.05) is 0 Å². The first-order valence-electron chi connectivity index (χ1n) is 6.21. The van der Waals surface area contributed by atoms with Crippen LogP contribution in [0.3, 0.4) is 0 Å². The van der Waals surface area contributed by atoms with Crippen molar-refractivity contribution in [3.63, 3.8) is 0 Å². The maximum Gasteiger partial charge on any atom is 0.261 e. The molecule has 0 bridgehead atoms. The highest BCUT2D eigenvalue weighted by atomic mass is 19.3. The van der Waals surface area contributed by atoms with Crippen LogP contribution in [0.15, 0.2) is 18.2 Å². The van der Waals surface area contributed by atoms with E-state index in [4.69, 9.17) is 10.5 Å². The third-order valence-corrected chi connectivity index (χ3v) is 2.35. The summed E-state index contributed by atoms with van der Waals surface area (Å²) in [4.78, 5) is 11.8. The standard InChI is InChI=1S/C13H18F2N2O3/c1-2-20-11-4-3-9(7-10(11)16)13(18)17-5-6-19-8-12(14)15/h3-4,7,12H,2,5-6,8,16H2,1H3,(H,17,18). The summed E-state index contributed by atoms with van der Waals surface area (Å²) in [7, 11) is 0. The predicted molar refractivity (Wildman–Crippen MR) is 71.2 cm³/mol. The molecule has 0 spiro atoms. The number of nitrogens with one attached hydrogen (secondary N) is 1. The molecule has 0 aliphatic rings. The molecule has 0 aromatic heterocycles. The van der Waals surface area contributed by atoms with Gasteiger partial charge in [0, 0.05) is 12.1 Å². The summed E-state index contributed by atoms with van der Waals surface area (Å²) in [6, 6.07) is 4.69. The smallest absolute Gasteiger partial charge is 0.261 e. The number of hydrogen-bond donors (Lipinski definition) is 2. The van der Waals surface area contributed by atoms with Crippen LogP contribution in [0, 0.1) is 0 Å². The SMILES string of the molecule is CCOc1ccc(C(=O)NCCOCC(F)F)cc1N. The topological polar surface area (TPSA) is 73.6 Å². The van der Waals surface area contributed by atoms with E-state index in [1.54, 1.807) is 12.1 Å². The van der Waals surface area contributed by atoms with Crippen LogP contribution in [-0.4, -0.2) is 38.7 Å². The van der Waals surface area contributed by atoms with E-state index in [9.17, 15) is 13.6 Å². The van der Waals surface area contributed by atoms with Gasteiger partial charge in [-0.15, -0.1) is 0 Å². The highest BCUT2D eigenvalue weighted by molar-refractivity contribution is 5.95. The Bertz CT molecular complexity index is 442. The summed E-state index contributed by atoms with van der Waals surface area (Å²) in [5.41, 5.74) is 6.49. The molecule has 5 nitrogen and oxygen atoms in total. The molecule has 7 heteroatoms. The first-order chi connectivity index (χ1) is 9.54. The number of halogens is 2. The number of benzene rings is 1. The molecule has 0 unspecified atom stereocenters. The zero-order chi connectivity index (χ0) is 15.0. The Morgan fingerprint density at radius 1 is 1.45 bits per heavy atom. The van der Waals surface area contributed by atoms with E-state index in [1.807, 2.05) is 6.92 Å². The second-order valence-corrected chi connectivity index (χ2v) is 3.91. The fraction of sp³-hybridized carbons (Fsp3) is 0.462. The van der Waals surface area contributed by atoms with E-state index < -0.39 is 13.0 Å². The minimum atomic E-state index is -2.50. The van der Waals surface area contributed by atoms with Gasteiger partial charge in [-0.25, -0.2) is 8.78 Å². The zero-order valence-electron chi connectivity index (χ0n) is 11.2. The Balaban J connectivity index is 2.41. The summed E-state index contributed by atoms with van der Waals surface area (Å²) < 4.78 is 33.5. The number of carbonyl (C=O) groups is 1. The van der Waals surface area contributed by atoms with Gasteiger partial charge in [0.25, 0.3) is 12.3 Å². The highest BCUT2D eigenvalue weighted by Crippen LogP contribution is 2.22. The van der Waals surface area contributed by atoms with Crippen molar-refractivity contribution in [2.45, 2.75) is 13.3 Å². The van der Waals surface area contributed by atoms with Gasteiger partial charge in [0.1, 0.15) is 12.4 Å². The Morgan fingerprint density at radius 2 is 2.20 bits per heavy atom.